The Morgan fingerprint density at radius 3 is 2.33 bits per heavy atom. The lowest BCUT2D eigenvalue weighted by atomic mass is 10.3. The second-order valence-electron chi connectivity index (χ2n) is 2.76. The molecule has 15 heavy (non-hydrogen) atoms. The van der Waals surface area contributed by atoms with Gasteiger partial charge >= 0.3 is 6.16 Å². The zero-order valence-electron chi connectivity index (χ0n) is 8.39. The second kappa shape index (κ2) is 10.4. The molecule has 3 nitrogen and oxygen atoms in total. The molecule has 0 aliphatic carbocycles. The fourth-order valence-corrected chi connectivity index (χ4v) is 1.19. The molecule has 0 spiro atoms. The quantitative estimate of drug-likeness (QED) is 0.271. The molecule has 0 aliphatic heterocycles. The van der Waals surface area contributed by atoms with E-state index in [1.54, 1.807) is 0 Å². The van der Waals surface area contributed by atoms with Gasteiger partial charge in [-0.05, 0) is 74.2 Å². The van der Waals surface area contributed by atoms with E-state index in [4.69, 9.17) is 9.47 Å². The van der Waals surface area contributed by atoms with Gasteiger partial charge in [0.25, 0.3) is 0 Å². The molecule has 0 aromatic heterocycles. The minimum absolute atomic E-state index is 0.300. The second-order valence-corrected chi connectivity index (χ2v) is 8.28. The van der Waals surface area contributed by atoms with Gasteiger partial charge in [-0.15, -0.1) is 0 Å². The van der Waals surface area contributed by atoms with E-state index in [2.05, 4.69) is 74.7 Å². The molecular weight excluding hydrogens is 537 g/mol. The summed E-state index contributed by atoms with van der Waals surface area (Å²) in [6.07, 6.45) is 2.53. The fraction of sp³-hybridized carbons (Fsp3) is 0.667. The van der Waals surface area contributed by atoms with Crippen LogP contribution in [0, 0.1) is 0 Å². The van der Waals surface area contributed by atoms with Crippen LogP contribution in [0.3, 0.4) is 0 Å². The molecule has 0 radical (unpaired) electrons. The van der Waals surface area contributed by atoms with Crippen molar-refractivity contribution in [1.82, 2.24) is 0 Å². The van der Waals surface area contributed by atoms with Crippen molar-refractivity contribution < 1.29 is 14.3 Å². The summed E-state index contributed by atoms with van der Waals surface area (Å²) < 4.78 is 11.9. The summed E-state index contributed by atoms with van der Waals surface area (Å²) in [4.78, 5) is 11.1. The molecule has 0 N–H and O–H groups in total. The van der Waals surface area contributed by atoms with E-state index >= 15 is 0 Å². The molecule has 0 bridgehead atoms. The summed E-state index contributed by atoms with van der Waals surface area (Å²) in [5, 5.41) is 0. The lowest BCUT2D eigenvalue weighted by molar-refractivity contribution is 0.0618. The van der Waals surface area contributed by atoms with E-state index in [1.165, 1.54) is 0 Å². The Morgan fingerprint density at radius 1 is 1.13 bits per heavy atom. The van der Waals surface area contributed by atoms with Crippen molar-refractivity contribution in [1.29, 1.82) is 0 Å². The van der Waals surface area contributed by atoms with Crippen molar-refractivity contribution in [2.75, 3.05) is 13.2 Å². The third kappa shape index (κ3) is 10.1. The maximum absolute atomic E-state index is 11.1. The number of rotatable bonds is 6. The first-order chi connectivity index (χ1) is 7.07. The third-order valence-electron chi connectivity index (χ3n) is 1.49. The number of carbonyl (C=O) groups excluding carboxylic acids is 1. The highest BCUT2D eigenvalue weighted by Gasteiger charge is 2.05. The molecule has 0 unspecified atom stereocenters. The monoisotopic (exact) mass is 550 g/mol. The number of unbranched alkanes of at least 4 members (excludes halogenated alkanes) is 2. The first kappa shape index (κ1) is 16.2. The van der Waals surface area contributed by atoms with Crippen molar-refractivity contribution >= 4 is 73.9 Å². The highest BCUT2D eigenvalue weighted by molar-refractivity contribution is 14.2. The maximum Gasteiger partial charge on any atom is 0.508 e. The van der Waals surface area contributed by atoms with Crippen LogP contribution in [-0.4, -0.2) is 19.4 Å². The topological polar surface area (TPSA) is 35.5 Å². The van der Waals surface area contributed by atoms with Crippen molar-refractivity contribution in [3.05, 3.63) is 5.17 Å². The van der Waals surface area contributed by atoms with Gasteiger partial charge in [-0.1, -0.05) is 19.8 Å². The van der Waals surface area contributed by atoms with Gasteiger partial charge in [0.2, 0.25) is 0 Å². The molecule has 6 heteroatoms. The van der Waals surface area contributed by atoms with E-state index in [9.17, 15) is 4.79 Å². The first-order valence-corrected chi connectivity index (χ1v) is 7.80. The number of carbonyl (C=O) groups is 1. The fourth-order valence-electron chi connectivity index (χ4n) is 0.726. The van der Waals surface area contributed by atoms with E-state index < -0.39 is 6.16 Å². The zero-order valence-corrected chi connectivity index (χ0v) is 14.9. The van der Waals surface area contributed by atoms with Crippen LogP contribution in [-0.2, 0) is 9.47 Å². The molecular formula is C9H13I3O3. The normalized spacial score (nSPS) is 9.60. The lowest BCUT2D eigenvalue weighted by Gasteiger charge is -2.05. The van der Waals surface area contributed by atoms with E-state index in [1.807, 2.05) is 0 Å². The Bertz CT molecular complexity index is 225. The van der Waals surface area contributed by atoms with Crippen LogP contribution in [0.5, 0.6) is 0 Å². The minimum Gasteiger partial charge on any atom is -0.434 e. The SMILES string of the molecule is CCCCCOC(=O)OCC(I)=C(I)I. The molecule has 0 amide bonds. The van der Waals surface area contributed by atoms with Crippen LogP contribution >= 0.6 is 67.8 Å². The summed E-state index contributed by atoms with van der Waals surface area (Å²) in [5.41, 5.74) is 0. The number of ether oxygens (including phenoxy) is 2. The van der Waals surface area contributed by atoms with E-state index in [0.717, 1.165) is 24.4 Å². The average molecular weight is 550 g/mol. The predicted octanol–water partition coefficient (Wildman–Crippen LogP) is 4.80. The van der Waals surface area contributed by atoms with E-state index in [0.29, 0.717) is 13.2 Å². The first-order valence-electron chi connectivity index (χ1n) is 4.57. The van der Waals surface area contributed by atoms with Gasteiger partial charge in [-0.2, -0.15) is 0 Å². The highest BCUT2D eigenvalue weighted by atomic mass is 127. The standard InChI is InChI=1S/C9H13I3O3/c1-2-3-4-5-14-9(13)15-6-7(10)8(11)12/h2-6H2,1H3. The van der Waals surface area contributed by atoms with Gasteiger partial charge in [0.05, 0.1) is 8.19 Å². The summed E-state index contributed by atoms with van der Waals surface area (Å²) in [6.45, 7) is 2.86. The van der Waals surface area contributed by atoms with Gasteiger partial charge in [0, 0.05) is 3.58 Å². The Morgan fingerprint density at radius 2 is 1.80 bits per heavy atom. The van der Waals surface area contributed by atoms with Gasteiger partial charge in [-0.25, -0.2) is 4.79 Å². The predicted molar refractivity (Wildman–Crippen MR) is 85.9 cm³/mol. The van der Waals surface area contributed by atoms with Crippen molar-refractivity contribution in [3.63, 3.8) is 0 Å². The summed E-state index contributed by atoms with van der Waals surface area (Å²) in [6, 6.07) is 0. The minimum atomic E-state index is -0.575. The molecule has 0 saturated carbocycles. The maximum atomic E-state index is 11.1. The number of hydrogen-bond acceptors (Lipinski definition) is 3. The largest absolute Gasteiger partial charge is 0.508 e. The van der Waals surface area contributed by atoms with Crippen LogP contribution in [0.15, 0.2) is 5.17 Å². The third-order valence-corrected chi connectivity index (χ3v) is 5.71. The lowest BCUT2D eigenvalue weighted by Crippen LogP contribution is -2.09. The van der Waals surface area contributed by atoms with Crippen LogP contribution in [0.1, 0.15) is 26.2 Å². The Balaban J connectivity index is 3.54. The molecule has 0 aromatic carbocycles. The van der Waals surface area contributed by atoms with E-state index in [-0.39, 0.29) is 0 Å². The van der Waals surface area contributed by atoms with Crippen LogP contribution in [0.2, 0.25) is 0 Å². The van der Waals surface area contributed by atoms with Crippen LogP contribution in [0.25, 0.3) is 0 Å². The number of halogens is 3. The summed E-state index contributed by atoms with van der Waals surface area (Å²) >= 11 is 6.51. The Hall–Kier alpha value is 1.20. The van der Waals surface area contributed by atoms with Crippen LogP contribution in [0.4, 0.5) is 4.79 Å². The van der Waals surface area contributed by atoms with Crippen molar-refractivity contribution in [2.24, 2.45) is 0 Å². The molecule has 0 heterocycles. The summed E-state index contributed by atoms with van der Waals surface area (Å²) in [5.74, 6) is 0. The van der Waals surface area contributed by atoms with Gasteiger partial charge < -0.3 is 9.47 Å². The average Bonchev–Trinajstić information content (AvgIpc) is 2.20. The molecule has 0 saturated heterocycles. The van der Waals surface area contributed by atoms with Gasteiger partial charge in [0.1, 0.15) is 6.61 Å². The number of hydrogen-bond donors (Lipinski definition) is 0. The molecule has 0 aliphatic rings. The van der Waals surface area contributed by atoms with Gasteiger partial charge in [-0.3, -0.25) is 0 Å². The smallest absolute Gasteiger partial charge is 0.434 e. The Kier molecular flexibility index (Phi) is 11.2. The Labute approximate surface area is 131 Å². The highest BCUT2D eigenvalue weighted by Crippen LogP contribution is 2.25. The van der Waals surface area contributed by atoms with Crippen LogP contribution < -0.4 is 0 Å². The molecule has 0 rings (SSSR count). The molecule has 0 fully saturated rings. The summed E-state index contributed by atoms with van der Waals surface area (Å²) in [7, 11) is 0. The molecule has 0 atom stereocenters. The molecule has 88 valence electrons. The van der Waals surface area contributed by atoms with Crippen molar-refractivity contribution in [2.45, 2.75) is 26.2 Å². The van der Waals surface area contributed by atoms with Crippen molar-refractivity contribution in [3.8, 4) is 0 Å². The zero-order chi connectivity index (χ0) is 11.7. The molecule has 0 aromatic rings. The van der Waals surface area contributed by atoms with Gasteiger partial charge in [0.15, 0.2) is 0 Å².